The maximum Gasteiger partial charge on any atom is 0.313 e. The van der Waals surface area contributed by atoms with E-state index in [0.717, 1.165) is 18.2 Å². The Morgan fingerprint density at radius 2 is 2.19 bits per heavy atom. The van der Waals surface area contributed by atoms with E-state index in [1.165, 1.54) is 5.56 Å². The van der Waals surface area contributed by atoms with Crippen molar-refractivity contribution >= 4 is 34.3 Å². The van der Waals surface area contributed by atoms with Crippen molar-refractivity contribution in [2.45, 2.75) is 6.42 Å². The van der Waals surface area contributed by atoms with Gasteiger partial charge in [0.25, 0.3) is 0 Å². The molecule has 1 heterocycles. The van der Waals surface area contributed by atoms with E-state index in [1.807, 2.05) is 12.1 Å². The summed E-state index contributed by atoms with van der Waals surface area (Å²) in [6, 6.07) is 3.88. The number of rotatable bonds is 5. The molecule has 1 aromatic rings. The fourth-order valence-corrected chi connectivity index (χ4v) is 1.77. The van der Waals surface area contributed by atoms with Gasteiger partial charge in [0.15, 0.2) is 0 Å². The van der Waals surface area contributed by atoms with Crippen molar-refractivity contribution in [2.24, 2.45) is 0 Å². The molecular weight excluding hydrogens is 244 g/mol. The van der Waals surface area contributed by atoms with Crippen molar-refractivity contribution in [1.29, 1.82) is 0 Å². The summed E-state index contributed by atoms with van der Waals surface area (Å²) >= 11 is 6.09. The van der Waals surface area contributed by atoms with Crippen LogP contribution in [0.1, 0.15) is 5.56 Å². The smallest absolute Gasteiger partial charge is 0.313 e. The van der Waals surface area contributed by atoms with Crippen LogP contribution in [0, 0.1) is 0 Å². The van der Waals surface area contributed by atoms with Gasteiger partial charge < -0.3 is 10.4 Å². The Hall–Kier alpha value is -1.14. The number of pyridine rings is 1. The Bertz CT molecular complexity index is 357. The molecule has 86 valence electrons. The van der Waals surface area contributed by atoms with E-state index in [9.17, 15) is 4.79 Å². The van der Waals surface area contributed by atoms with Gasteiger partial charge in [-0.15, -0.1) is 0 Å². The van der Waals surface area contributed by atoms with Gasteiger partial charge in [-0.2, -0.15) is 0 Å². The molecule has 0 saturated carbocycles. The number of hydrogen-bond acceptors (Lipinski definition) is 4. The fraction of sp³-hybridized carbons (Fsp3) is 0.300. The number of hydrogen-bond donors (Lipinski definition) is 2. The van der Waals surface area contributed by atoms with Crippen LogP contribution in [0.25, 0.3) is 0 Å². The average molecular weight is 256 g/mol. The van der Waals surface area contributed by atoms with Gasteiger partial charge in [0.2, 0.25) is 0 Å². The van der Waals surface area contributed by atoms with Crippen molar-refractivity contribution in [3.8, 4) is 0 Å². The molecule has 0 aliphatic rings. The third-order valence-corrected chi connectivity index (χ3v) is 3.05. The highest BCUT2D eigenvalue weighted by Gasteiger charge is 2.01. The lowest BCUT2D eigenvalue weighted by Gasteiger charge is -2.05. The minimum Gasteiger partial charge on any atom is -0.481 e. The molecule has 4 nitrogen and oxygen atoms in total. The van der Waals surface area contributed by atoms with Gasteiger partial charge in [-0.3, -0.25) is 9.78 Å². The zero-order chi connectivity index (χ0) is 11.8. The molecule has 0 unspecified atom stereocenters. The second kappa shape index (κ2) is 7.19. The van der Waals surface area contributed by atoms with Crippen LogP contribution < -0.4 is 5.32 Å². The maximum absolute atomic E-state index is 10.3. The standard InChI is InChI=1S/C10H12N2O2S2/c13-9(14)7-16-10(15)12-6-3-8-1-4-11-5-2-8/h1-2,4-5H,3,6-7H2,(H,12,15)(H,13,14). The topological polar surface area (TPSA) is 62.2 Å². The third-order valence-electron chi connectivity index (χ3n) is 1.76. The second-order valence-electron chi connectivity index (χ2n) is 3.00. The van der Waals surface area contributed by atoms with Gasteiger partial charge in [-0.05, 0) is 24.1 Å². The van der Waals surface area contributed by atoms with E-state index in [4.69, 9.17) is 17.3 Å². The highest BCUT2D eigenvalue weighted by molar-refractivity contribution is 8.23. The number of nitrogens with one attached hydrogen (secondary N) is 1. The lowest BCUT2D eigenvalue weighted by atomic mass is 10.2. The molecule has 0 aromatic carbocycles. The summed E-state index contributed by atoms with van der Waals surface area (Å²) < 4.78 is 0.524. The Labute approximate surface area is 103 Å². The van der Waals surface area contributed by atoms with Gasteiger partial charge in [0, 0.05) is 18.9 Å². The van der Waals surface area contributed by atoms with Crippen molar-refractivity contribution < 1.29 is 9.90 Å². The molecule has 0 aliphatic heterocycles. The number of aromatic nitrogens is 1. The van der Waals surface area contributed by atoms with E-state index in [1.54, 1.807) is 12.4 Å². The van der Waals surface area contributed by atoms with Crippen LogP contribution in [0.2, 0.25) is 0 Å². The van der Waals surface area contributed by atoms with Crippen molar-refractivity contribution in [2.75, 3.05) is 12.3 Å². The summed E-state index contributed by atoms with van der Waals surface area (Å²) in [7, 11) is 0. The number of thiocarbonyl (C=S) groups is 1. The summed E-state index contributed by atoms with van der Waals surface area (Å²) in [5.74, 6) is -0.857. The first-order chi connectivity index (χ1) is 7.68. The number of carbonyl (C=O) groups is 1. The predicted octanol–water partition coefficient (Wildman–Crippen LogP) is 1.32. The Balaban J connectivity index is 2.16. The van der Waals surface area contributed by atoms with Crippen LogP contribution in [-0.2, 0) is 11.2 Å². The van der Waals surface area contributed by atoms with E-state index >= 15 is 0 Å². The number of carboxylic acid groups (broad SMARTS) is 1. The number of aliphatic carboxylic acids is 1. The number of carboxylic acids is 1. The normalized spacial score (nSPS) is 9.75. The monoisotopic (exact) mass is 256 g/mol. The van der Waals surface area contributed by atoms with Gasteiger partial charge in [0.1, 0.15) is 4.32 Å². The minimum absolute atomic E-state index is 0.00108. The lowest BCUT2D eigenvalue weighted by molar-refractivity contribution is -0.133. The molecule has 0 saturated heterocycles. The molecule has 0 fully saturated rings. The van der Waals surface area contributed by atoms with Crippen molar-refractivity contribution in [3.05, 3.63) is 30.1 Å². The van der Waals surface area contributed by atoms with Gasteiger partial charge in [0.05, 0.1) is 5.75 Å². The van der Waals surface area contributed by atoms with Crippen LogP contribution in [0.4, 0.5) is 0 Å². The Kier molecular flexibility index (Phi) is 5.81. The van der Waals surface area contributed by atoms with Crippen molar-refractivity contribution in [3.63, 3.8) is 0 Å². The molecule has 2 N–H and O–H groups in total. The van der Waals surface area contributed by atoms with E-state index in [-0.39, 0.29) is 5.75 Å². The van der Waals surface area contributed by atoms with E-state index < -0.39 is 5.97 Å². The third kappa shape index (κ3) is 5.67. The zero-order valence-electron chi connectivity index (χ0n) is 8.55. The summed E-state index contributed by atoms with van der Waals surface area (Å²) in [6.07, 6.45) is 4.33. The van der Waals surface area contributed by atoms with Crippen LogP contribution in [0.15, 0.2) is 24.5 Å². The first-order valence-corrected chi connectivity index (χ1v) is 6.09. The summed E-state index contributed by atoms with van der Waals surface area (Å²) in [4.78, 5) is 14.2. The first-order valence-electron chi connectivity index (χ1n) is 4.70. The lowest BCUT2D eigenvalue weighted by Crippen LogP contribution is -2.22. The molecule has 6 heteroatoms. The second-order valence-corrected chi connectivity index (χ2v) is 4.65. The largest absolute Gasteiger partial charge is 0.481 e. The molecule has 16 heavy (non-hydrogen) atoms. The summed E-state index contributed by atoms with van der Waals surface area (Å²) in [5.41, 5.74) is 1.17. The molecule has 1 rings (SSSR count). The molecule has 1 aromatic heterocycles. The molecule has 0 aliphatic carbocycles. The fourth-order valence-electron chi connectivity index (χ4n) is 1.04. The number of thioether (sulfide) groups is 1. The molecular formula is C10H12N2O2S2. The predicted molar refractivity (Wildman–Crippen MR) is 68.6 cm³/mol. The number of nitrogens with zero attached hydrogens (tertiary/aromatic N) is 1. The average Bonchev–Trinajstić information content (AvgIpc) is 2.28. The molecule has 0 amide bonds. The van der Waals surface area contributed by atoms with Gasteiger partial charge >= 0.3 is 5.97 Å². The minimum atomic E-state index is -0.858. The van der Waals surface area contributed by atoms with E-state index in [0.29, 0.717) is 10.9 Å². The Morgan fingerprint density at radius 1 is 1.50 bits per heavy atom. The molecule has 0 atom stereocenters. The summed E-state index contributed by atoms with van der Waals surface area (Å²) in [6.45, 7) is 0.704. The highest BCUT2D eigenvalue weighted by Crippen LogP contribution is 2.02. The van der Waals surface area contributed by atoms with Gasteiger partial charge in [-0.1, -0.05) is 24.0 Å². The quantitative estimate of drug-likeness (QED) is 0.775. The SMILES string of the molecule is O=C(O)CSC(=S)NCCc1ccncc1. The van der Waals surface area contributed by atoms with Crippen LogP contribution in [0.3, 0.4) is 0 Å². The van der Waals surface area contributed by atoms with E-state index in [2.05, 4.69) is 10.3 Å². The van der Waals surface area contributed by atoms with Crippen LogP contribution in [0.5, 0.6) is 0 Å². The van der Waals surface area contributed by atoms with Gasteiger partial charge in [-0.25, -0.2) is 0 Å². The summed E-state index contributed by atoms with van der Waals surface area (Å²) in [5, 5.41) is 11.4. The van der Waals surface area contributed by atoms with Crippen molar-refractivity contribution in [1.82, 2.24) is 10.3 Å². The van der Waals surface area contributed by atoms with Crippen LogP contribution >= 0.6 is 24.0 Å². The molecule has 0 spiro atoms. The Morgan fingerprint density at radius 3 is 2.81 bits per heavy atom. The zero-order valence-corrected chi connectivity index (χ0v) is 10.2. The highest BCUT2D eigenvalue weighted by atomic mass is 32.2. The molecule has 0 radical (unpaired) electrons. The molecule has 0 bridgehead atoms. The maximum atomic E-state index is 10.3. The van der Waals surface area contributed by atoms with Crippen LogP contribution in [-0.4, -0.2) is 32.7 Å². The first kappa shape index (κ1) is 12.9.